The standard InChI is InChI=1S/C15H18N4O2/c1-11-7-18-13(8-17-11)9-19-15(20)10-21-14-4-2-12(6-16)3-5-14/h2-5,7-8H,6,9-10,16H2,1H3,(H,19,20). The molecule has 6 heteroatoms. The average Bonchev–Trinajstić information content (AvgIpc) is 2.53. The number of nitrogens with one attached hydrogen (secondary N) is 1. The van der Waals surface area contributed by atoms with Gasteiger partial charge in [-0.3, -0.25) is 14.8 Å². The van der Waals surface area contributed by atoms with Crippen molar-refractivity contribution in [1.82, 2.24) is 15.3 Å². The maximum atomic E-state index is 11.7. The van der Waals surface area contributed by atoms with Gasteiger partial charge in [0.1, 0.15) is 5.75 Å². The van der Waals surface area contributed by atoms with E-state index in [1.807, 2.05) is 19.1 Å². The number of carbonyl (C=O) groups excluding carboxylic acids is 1. The van der Waals surface area contributed by atoms with Crippen molar-refractivity contribution in [3.63, 3.8) is 0 Å². The van der Waals surface area contributed by atoms with E-state index in [4.69, 9.17) is 10.5 Å². The molecular formula is C15H18N4O2. The Morgan fingerprint density at radius 1 is 1.24 bits per heavy atom. The lowest BCUT2D eigenvalue weighted by atomic mass is 10.2. The smallest absolute Gasteiger partial charge is 0.258 e. The van der Waals surface area contributed by atoms with E-state index in [0.717, 1.165) is 11.3 Å². The lowest BCUT2D eigenvalue weighted by Crippen LogP contribution is -2.28. The highest BCUT2D eigenvalue weighted by Crippen LogP contribution is 2.11. The lowest BCUT2D eigenvalue weighted by Gasteiger charge is -2.07. The van der Waals surface area contributed by atoms with Crippen LogP contribution in [-0.2, 0) is 17.9 Å². The molecule has 0 bridgehead atoms. The predicted octanol–water partition coefficient (Wildman–Crippen LogP) is 0.939. The van der Waals surface area contributed by atoms with Crippen molar-refractivity contribution in [3.8, 4) is 5.75 Å². The second-order valence-electron chi connectivity index (χ2n) is 4.56. The minimum absolute atomic E-state index is 0.0404. The number of hydrogen-bond acceptors (Lipinski definition) is 5. The number of hydrogen-bond donors (Lipinski definition) is 2. The SMILES string of the molecule is Cc1cnc(CNC(=O)COc2ccc(CN)cc2)cn1. The maximum absolute atomic E-state index is 11.7. The van der Waals surface area contributed by atoms with E-state index < -0.39 is 0 Å². The van der Waals surface area contributed by atoms with Gasteiger partial charge in [-0.15, -0.1) is 0 Å². The number of aromatic nitrogens is 2. The van der Waals surface area contributed by atoms with Crippen LogP contribution < -0.4 is 15.8 Å². The Bertz CT molecular complexity index is 582. The quantitative estimate of drug-likeness (QED) is 0.824. The number of nitrogens with zero attached hydrogens (tertiary/aromatic N) is 2. The third kappa shape index (κ3) is 4.85. The van der Waals surface area contributed by atoms with Crippen molar-refractivity contribution < 1.29 is 9.53 Å². The summed E-state index contributed by atoms with van der Waals surface area (Å²) in [6, 6.07) is 7.33. The van der Waals surface area contributed by atoms with Gasteiger partial charge < -0.3 is 15.8 Å². The van der Waals surface area contributed by atoms with Gasteiger partial charge in [-0.2, -0.15) is 0 Å². The number of nitrogens with two attached hydrogens (primary N) is 1. The maximum Gasteiger partial charge on any atom is 0.258 e. The molecule has 0 unspecified atom stereocenters. The fraction of sp³-hybridized carbons (Fsp3) is 0.267. The van der Waals surface area contributed by atoms with Gasteiger partial charge in [0.2, 0.25) is 0 Å². The van der Waals surface area contributed by atoms with E-state index in [-0.39, 0.29) is 12.5 Å². The van der Waals surface area contributed by atoms with Crippen molar-refractivity contribution in [2.24, 2.45) is 5.73 Å². The number of benzene rings is 1. The summed E-state index contributed by atoms with van der Waals surface area (Å²) >= 11 is 0. The summed E-state index contributed by atoms with van der Waals surface area (Å²) < 4.78 is 5.39. The summed E-state index contributed by atoms with van der Waals surface area (Å²) in [7, 11) is 0. The van der Waals surface area contributed by atoms with Gasteiger partial charge in [0.25, 0.3) is 5.91 Å². The zero-order valence-corrected chi connectivity index (χ0v) is 11.9. The highest BCUT2D eigenvalue weighted by molar-refractivity contribution is 5.77. The van der Waals surface area contributed by atoms with Gasteiger partial charge in [-0.1, -0.05) is 12.1 Å². The second kappa shape index (κ2) is 7.35. The van der Waals surface area contributed by atoms with Crippen LogP contribution in [0, 0.1) is 6.92 Å². The number of carbonyl (C=O) groups is 1. The third-order valence-corrected chi connectivity index (χ3v) is 2.83. The molecule has 1 aromatic heterocycles. The molecule has 110 valence electrons. The molecule has 6 nitrogen and oxygen atoms in total. The first-order valence-electron chi connectivity index (χ1n) is 6.63. The van der Waals surface area contributed by atoms with Crippen molar-refractivity contribution >= 4 is 5.91 Å². The van der Waals surface area contributed by atoms with Gasteiger partial charge in [0, 0.05) is 12.7 Å². The minimum Gasteiger partial charge on any atom is -0.484 e. The van der Waals surface area contributed by atoms with Crippen LogP contribution in [0.3, 0.4) is 0 Å². The molecule has 0 aliphatic rings. The molecule has 3 N–H and O–H groups in total. The van der Waals surface area contributed by atoms with Crippen LogP contribution >= 0.6 is 0 Å². The largest absolute Gasteiger partial charge is 0.484 e. The first kappa shape index (κ1) is 14.9. The number of ether oxygens (including phenoxy) is 1. The molecule has 21 heavy (non-hydrogen) atoms. The summed E-state index contributed by atoms with van der Waals surface area (Å²) in [4.78, 5) is 19.9. The van der Waals surface area contributed by atoms with Crippen molar-refractivity contribution in [2.75, 3.05) is 6.61 Å². The molecule has 0 atom stereocenters. The lowest BCUT2D eigenvalue weighted by molar-refractivity contribution is -0.123. The molecule has 0 radical (unpaired) electrons. The fourth-order valence-corrected chi connectivity index (χ4v) is 1.62. The van der Waals surface area contributed by atoms with Crippen LogP contribution in [0.1, 0.15) is 17.0 Å². The van der Waals surface area contributed by atoms with E-state index in [0.29, 0.717) is 24.5 Å². The molecule has 0 fully saturated rings. The van der Waals surface area contributed by atoms with Crippen LogP contribution in [0.5, 0.6) is 5.75 Å². The Morgan fingerprint density at radius 2 is 2.00 bits per heavy atom. The fourth-order valence-electron chi connectivity index (χ4n) is 1.62. The Morgan fingerprint density at radius 3 is 2.62 bits per heavy atom. The van der Waals surface area contributed by atoms with Crippen LogP contribution in [0.15, 0.2) is 36.7 Å². The molecule has 1 aromatic carbocycles. The van der Waals surface area contributed by atoms with Gasteiger partial charge in [0.15, 0.2) is 6.61 Å². The van der Waals surface area contributed by atoms with Crippen LogP contribution in [0.4, 0.5) is 0 Å². The highest BCUT2D eigenvalue weighted by atomic mass is 16.5. The molecule has 0 saturated heterocycles. The zero-order valence-electron chi connectivity index (χ0n) is 11.9. The molecule has 0 saturated carbocycles. The first-order chi connectivity index (χ1) is 10.2. The summed E-state index contributed by atoms with van der Waals surface area (Å²) in [6.07, 6.45) is 3.30. The summed E-state index contributed by atoms with van der Waals surface area (Å²) in [5.74, 6) is 0.428. The Hall–Kier alpha value is -2.47. The van der Waals surface area contributed by atoms with Crippen LogP contribution in [-0.4, -0.2) is 22.5 Å². The molecule has 0 aliphatic carbocycles. The van der Waals surface area contributed by atoms with E-state index in [9.17, 15) is 4.79 Å². The van der Waals surface area contributed by atoms with Crippen molar-refractivity contribution in [2.45, 2.75) is 20.0 Å². The van der Waals surface area contributed by atoms with Gasteiger partial charge in [-0.05, 0) is 24.6 Å². The molecule has 2 rings (SSSR count). The highest BCUT2D eigenvalue weighted by Gasteiger charge is 2.04. The molecular weight excluding hydrogens is 268 g/mol. The van der Waals surface area contributed by atoms with Gasteiger partial charge in [-0.25, -0.2) is 0 Å². The van der Waals surface area contributed by atoms with E-state index in [2.05, 4.69) is 15.3 Å². The molecule has 2 aromatic rings. The predicted molar refractivity (Wildman–Crippen MR) is 78.4 cm³/mol. The average molecular weight is 286 g/mol. The normalized spacial score (nSPS) is 10.2. The molecule has 0 spiro atoms. The zero-order chi connectivity index (χ0) is 15.1. The summed E-state index contributed by atoms with van der Waals surface area (Å²) in [6.45, 7) is 2.64. The number of aryl methyl sites for hydroxylation is 1. The van der Waals surface area contributed by atoms with Gasteiger partial charge >= 0.3 is 0 Å². The third-order valence-electron chi connectivity index (χ3n) is 2.83. The molecule has 1 heterocycles. The first-order valence-corrected chi connectivity index (χ1v) is 6.63. The van der Waals surface area contributed by atoms with Gasteiger partial charge in [0.05, 0.1) is 24.1 Å². The minimum atomic E-state index is -0.208. The van der Waals surface area contributed by atoms with E-state index >= 15 is 0 Å². The second-order valence-corrected chi connectivity index (χ2v) is 4.56. The van der Waals surface area contributed by atoms with E-state index in [1.54, 1.807) is 24.5 Å². The monoisotopic (exact) mass is 286 g/mol. The Balaban J connectivity index is 1.75. The Kier molecular flexibility index (Phi) is 5.22. The number of rotatable bonds is 6. The van der Waals surface area contributed by atoms with E-state index in [1.165, 1.54) is 0 Å². The topological polar surface area (TPSA) is 90.1 Å². The van der Waals surface area contributed by atoms with Crippen molar-refractivity contribution in [1.29, 1.82) is 0 Å². The molecule has 0 aliphatic heterocycles. The van der Waals surface area contributed by atoms with Crippen molar-refractivity contribution in [3.05, 3.63) is 53.6 Å². The summed E-state index contributed by atoms with van der Waals surface area (Å²) in [5.41, 5.74) is 8.08. The van der Waals surface area contributed by atoms with Crippen LogP contribution in [0.2, 0.25) is 0 Å². The molecule has 1 amide bonds. The number of amides is 1. The van der Waals surface area contributed by atoms with Crippen LogP contribution in [0.25, 0.3) is 0 Å². The Labute approximate surface area is 123 Å². The summed E-state index contributed by atoms with van der Waals surface area (Å²) in [5, 5.41) is 2.72.